The van der Waals surface area contributed by atoms with E-state index >= 15 is 0 Å². The van der Waals surface area contributed by atoms with Crippen LogP contribution in [0.3, 0.4) is 0 Å². The molecule has 0 saturated heterocycles. The van der Waals surface area contributed by atoms with E-state index in [0.29, 0.717) is 0 Å². The summed E-state index contributed by atoms with van der Waals surface area (Å²) in [5.74, 6) is 0.818. The Morgan fingerprint density at radius 2 is 2.00 bits per heavy atom. The molecule has 1 saturated carbocycles. The molecular weight excluding hydrogens is 210 g/mol. The molecule has 1 aromatic carbocycles. The van der Waals surface area contributed by atoms with Crippen molar-refractivity contribution in [2.45, 2.75) is 44.7 Å². The molecular formula is C15H23NO. The Bertz CT molecular complexity index is 369. The van der Waals surface area contributed by atoms with E-state index in [1.54, 1.807) is 7.11 Å². The second-order valence-electron chi connectivity index (χ2n) is 5.64. The smallest absolute Gasteiger partial charge is 0.0639 e. The number of benzene rings is 1. The SMILES string of the molecule is COCC(C)(C)NCc1ccccc1C1CC1. The summed E-state index contributed by atoms with van der Waals surface area (Å²) in [6.45, 7) is 6.02. The molecule has 0 spiro atoms. The average Bonchev–Trinajstić information content (AvgIpc) is 3.11. The highest BCUT2D eigenvalue weighted by Crippen LogP contribution is 2.41. The third-order valence-corrected chi connectivity index (χ3v) is 3.33. The average molecular weight is 233 g/mol. The number of hydrogen-bond acceptors (Lipinski definition) is 2. The fourth-order valence-electron chi connectivity index (χ4n) is 2.23. The Morgan fingerprint density at radius 1 is 1.29 bits per heavy atom. The predicted molar refractivity (Wildman–Crippen MR) is 71.2 cm³/mol. The summed E-state index contributed by atoms with van der Waals surface area (Å²) in [5, 5.41) is 3.57. The minimum atomic E-state index is 0.0331. The quantitative estimate of drug-likeness (QED) is 0.815. The van der Waals surface area contributed by atoms with Crippen LogP contribution < -0.4 is 5.32 Å². The summed E-state index contributed by atoms with van der Waals surface area (Å²) >= 11 is 0. The molecule has 0 heterocycles. The topological polar surface area (TPSA) is 21.3 Å². The van der Waals surface area contributed by atoms with Crippen molar-refractivity contribution in [1.29, 1.82) is 0 Å². The second-order valence-corrected chi connectivity index (χ2v) is 5.64. The van der Waals surface area contributed by atoms with Crippen LogP contribution in [-0.2, 0) is 11.3 Å². The lowest BCUT2D eigenvalue weighted by atomic mass is 10.0. The molecule has 0 atom stereocenters. The van der Waals surface area contributed by atoms with Crippen molar-refractivity contribution < 1.29 is 4.74 Å². The minimum absolute atomic E-state index is 0.0331. The lowest BCUT2D eigenvalue weighted by molar-refractivity contribution is 0.127. The first kappa shape index (κ1) is 12.6. The number of methoxy groups -OCH3 is 1. The van der Waals surface area contributed by atoms with Crippen molar-refractivity contribution >= 4 is 0 Å². The van der Waals surface area contributed by atoms with E-state index in [2.05, 4.69) is 43.4 Å². The van der Waals surface area contributed by atoms with E-state index in [1.807, 2.05) is 0 Å². The second kappa shape index (κ2) is 5.19. The Hall–Kier alpha value is -0.860. The van der Waals surface area contributed by atoms with Crippen molar-refractivity contribution in [2.24, 2.45) is 0 Å². The molecule has 2 nitrogen and oxygen atoms in total. The first-order valence-electron chi connectivity index (χ1n) is 6.44. The molecule has 2 heteroatoms. The highest BCUT2D eigenvalue weighted by molar-refractivity contribution is 5.33. The van der Waals surface area contributed by atoms with Crippen LogP contribution in [0.5, 0.6) is 0 Å². The van der Waals surface area contributed by atoms with Gasteiger partial charge in [-0.2, -0.15) is 0 Å². The number of hydrogen-bond donors (Lipinski definition) is 1. The summed E-state index contributed by atoms with van der Waals surface area (Å²) in [7, 11) is 1.75. The van der Waals surface area contributed by atoms with Crippen molar-refractivity contribution in [1.82, 2.24) is 5.32 Å². The van der Waals surface area contributed by atoms with Crippen LogP contribution in [0.1, 0.15) is 43.7 Å². The molecule has 1 aliphatic carbocycles. The molecule has 0 radical (unpaired) electrons. The van der Waals surface area contributed by atoms with Gasteiger partial charge in [-0.1, -0.05) is 24.3 Å². The molecule has 1 fully saturated rings. The van der Waals surface area contributed by atoms with Gasteiger partial charge < -0.3 is 10.1 Å². The van der Waals surface area contributed by atoms with Crippen LogP contribution >= 0.6 is 0 Å². The maximum absolute atomic E-state index is 5.22. The summed E-state index contributed by atoms with van der Waals surface area (Å²) in [4.78, 5) is 0. The van der Waals surface area contributed by atoms with Gasteiger partial charge in [0.05, 0.1) is 6.61 Å². The number of rotatable bonds is 6. The molecule has 2 rings (SSSR count). The van der Waals surface area contributed by atoms with Crippen LogP contribution in [0, 0.1) is 0 Å². The molecule has 94 valence electrons. The first-order chi connectivity index (χ1) is 8.12. The van der Waals surface area contributed by atoms with Gasteiger partial charge in [0.25, 0.3) is 0 Å². The first-order valence-corrected chi connectivity index (χ1v) is 6.44. The monoisotopic (exact) mass is 233 g/mol. The van der Waals surface area contributed by atoms with Crippen molar-refractivity contribution in [3.8, 4) is 0 Å². The molecule has 1 aromatic rings. The molecule has 1 N–H and O–H groups in total. The van der Waals surface area contributed by atoms with E-state index < -0.39 is 0 Å². The van der Waals surface area contributed by atoms with Crippen molar-refractivity contribution in [2.75, 3.05) is 13.7 Å². The van der Waals surface area contributed by atoms with E-state index in [1.165, 1.54) is 24.0 Å². The lowest BCUT2D eigenvalue weighted by Crippen LogP contribution is -2.42. The van der Waals surface area contributed by atoms with E-state index in [4.69, 9.17) is 4.74 Å². The maximum Gasteiger partial charge on any atom is 0.0639 e. The van der Waals surface area contributed by atoms with Gasteiger partial charge in [-0.05, 0) is 43.7 Å². The Morgan fingerprint density at radius 3 is 2.65 bits per heavy atom. The predicted octanol–water partition coefficient (Wildman–Crippen LogP) is 3.08. The Kier molecular flexibility index (Phi) is 3.85. The lowest BCUT2D eigenvalue weighted by Gasteiger charge is -2.26. The zero-order valence-corrected chi connectivity index (χ0v) is 11.1. The van der Waals surface area contributed by atoms with Crippen LogP contribution in [0.4, 0.5) is 0 Å². The fourth-order valence-corrected chi connectivity index (χ4v) is 2.23. The number of nitrogens with one attached hydrogen (secondary N) is 1. The largest absolute Gasteiger partial charge is 0.383 e. The zero-order valence-electron chi connectivity index (χ0n) is 11.1. The van der Waals surface area contributed by atoms with Gasteiger partial charge in [-0.3, -0.25) is 0 Å². The van der Waals surface area contributed by atoms with E-state index in [0.717, 1.165) is 19.1 Å². The molecule has 0 bridgehead atoms. The molecule has 1 aliphatic rings. The highest BCUT2D eigenvalue weighted by atomic mass is 16.5. The third-order valence-electron chi connectivity index (χ3n) is 3.33. The standard InChI is InChI=1S/C15H23NO/c1-15(2,11-17-3)16-10-13-6-4-5-7-14(13)12-8-9-12/h4-7,12,16H,8-11H2,1-3H3. The maximum atomic E-state index is 5.22. The van der Waals surface area contributed by atoms with Gasteiger partial charge in [0.2, 0.25) is 0 Å². The summed E-state index contributed by atoms with van der Waals surface area (Å²) in [6, 6.07) is 8.80. The van der Waals surface area contributed by atoms with Gasteiger partial charge >= 0.3 is 0 Å². The van der Waals surface area contributed by atoms with E-state index in [9.17, 15) is 0 Å². The molecule has 0 aliphatic heterocycles. The van der Waals surface area contributed by atoms with Gasteiger partial charge in [0, 0.05) is 19.2 Å². The Balaban J connectivity index is 1.98. The fraction of sp³-hybridized carbons (Fsp3) is 0.600. The van der Waals surface area contributed by atoms with Gasteiger partial charge in [-0.15, -0.1) is 0 Å². The van der Waals surface area contributed by atoms with Crippen molar-refractivity contribution in [3.63, 3.8) is 0 Å². The summed E-state index contributed by atoms with van der Waals surface area (Å²) in [6.07, 6.45) is 2.72. The normalized spacial score (nSPS) is 16.2. The van der Waals surface area contributed by atoms with Crippen molar-refractivity contribution in [3.05, 3.63) is 35.4 Å². The number of ether oxygens (including phenoxy) is 1. The van der Waals surface area contributed by atoms with Crippen LogP contribution in [-0.4, -0.2) is 19.3 Å². The highest BCUT2D eigenvalue weighted by Gasteiger charge is 2.26. The van der Waals surface area contributed by atoms with Gasteiger partial charge in [-0.25, -0.2) is 0 Å². The molecule has 0 unspecified atom stereocenters. The van der Waals surface area contributed by atoms with Crippen LogP contribution in [0.2, 0.25) is 0 Å². The third kappa shape index (κ3) is 3.55. The summed E-state index contributed by atoms with van der Waals surface area (Å²) in [5.41, 5.74) is 3.01. The van der Waals surface area contributed by atoms with Gasteiger partial charge in [0.15, 0.2) is 0 Å². The Labute approximate surface area is 104 Å². The van der Waals surface area contributed by atoms with Crippen LogP contribution in [0.25, 0.3) is 0 Å². The zero-order chi connectivity index (χ0) is 12.3. The summed E-state index contributed by atoms with van der Waals surface area (Å²) < 4.78 is 5.22. The molecule has 17 heavy (non-hydrogen) atoms. The van der Waals surface area contributed by atoms with E-state index in [-0.39, 0.29) is 5.54 Å². The van der Waals surface area contributed by atoms with Gasteiger partial charge in [0.1, 0.15) is 0 Å². The molecule has 0 aromatic heterocycles. The molecule has 0 amide bonds. The van der Waals surface area contributed by atoms with Crippen LogP contribution in [0.15, 0.2) is 24.3 Å². The minimum Gasteiger partial charge on any atom is -0.383 e.